The first kappa shape index (κ1) is 18.4. The van der Waals surface area contributed by atoms with Crippen LogP contribution in [0, 0.1) is 5.92 Å². The Morgan fingerprint density at radius 1 is 1.10 bits per heavy atom. The van der Waals surface area contributed by atoms with Crippen molar-refractivity contribution in [2.45, 2.75) is 32.7 Å². The zero-order chi connectivity index (χ0) is 19.8. The van der Waals surface area contributed by atoms with Gasteiger partial charge in [0.1, 0.15) is 17.0 Å². The van der Waals surface area contributed by atoms with Crippen molar-refractivity contribution in [1.82, 2.24) is 20.2 Å². The number of piperidine rings is 1. The molecule has 3 aromatic rings. The zero-order valence-corrected chi connectivity index (χ0v) is 17.1. The molecule has 0 bridgehead atoms. The molecule has 0 amide bonds. The van der Waals surface area contributed by atoms with Crippen LogP contribution in [-0.4, -0.2) is 59.1 Å². The summed E-state index contributed by atoms with van der Waals surface area (Å²) in [6.45, 7) is 9.04. The third kappa shape index (κ3) is 3.44. The van der Waals surface area contributed by atoms with Gasteiger partial charge in [-0.15, -0.1) is 0 Å². The smallest absolute Gasteiger partial charge is 0.131 e. The van der Waals surface area contributed by atoms with Crippen molar-refractivity contribution in [3.05, 3.63) is 30.6 Å². The Labute approximate surface area is 171 Å². The van der Waals surface area contributed by atoms with Crippen molar-refractivity contribution in [3.8, 4) is 11.4 Å². The molecule has 2 saturated heterocycles. The number of aromatic amines is 1. The number of nitrogens with zero attached hydrogens (tertiary/aromatic N) is 5. The molecule has 3 aromatic heterocycles. The fourth-order valence-corrected chi connectivity index (χ4v) is 4.43. The number of hydrogen-bond donors (Lipinski definition) is 1. The molecule has 2 aliphatic heterocycles. The van der Waals surface area contributed by atoms with Crippen molar-refractivity contribution >= 4 is 22.4 Å². The molecular formula is C22H28N6O. The second-order valence-corrected chi connectivity index (χ2v) is 8.31. The molecule has 2 fully saturated rings. The number of fused-ring (bicyclic) bond motifs is 1. The Morgan fingerprint density at radius 3 is 2.72 bits per heavy atom. The molecule has 152 valence electrons. The van der Waals surface area contributed by atoms with Gasteiger partial charge >= 0.3 is 0 Å². The molecular weight excluding hydrogens is 364 g/mol. The Kier molecular flexibility index (Phi) is 4.83. The summed E-state index contributed by atoms with van der Waals surface area (Å²) in [5.74, 6) is 1.80. The lowest BCUT2D eigenvalue weighted by molar-refractivity contribution is 0.0986. The van der Waals surface area contributed by atoms with Crippen molar-refractivity contribution in [1.29, 1.82) is 0 Å². The van der Waals surface area contributed by atoms with E-state index in [-0.39, 0.29) is 0 Å². The number of hydrogen-bond acceptors (Lipinski definition) is 6. The summed E-state index contributed by atoms with van der Waals surface area (Å²) in [4.78, 5) is 14.7. The first-order valence-electron chi connectivity index (χ1n) is 10.6. The average molecular weight is 393 g/mol. The summed E-state index contributed by atoms with van der Waals surface area (Å²) in [6.07, 6.45) is 6.10. The normalized spacial score (nSPS) is 21.1. The lowest BCUT2D eigenvalue weighted by Gasteiger charge is -2.37. The highest BCUT2D eigenvalue weighted by molar-refractivity contribution is 6.00. The van der Waals surface area contributed by atoms with Gasteiger partial charge in [-0.1, -0.05) is 6.92 Å². The molecule has 7 nitrogen and oxygen atoms in total. The van der Waals surface area contributed by atoms with Crippen LogP contribution in [0.4, 0.5) is 11.5 Å². The molecule has 0 spiro atoms. The van der Waals surface area contributed by atoms with E-state index < -0.39 is 0 Å². The molecule has 1 unspecified atom stereocenters. The number of rotatable bonds is 3. The van der Waals surface area contributed by atoms with Gasteiger partial charge in [0.05, 0.1) is 24.9 Å². The number of nitrogens with one attached hydrogen (secondary N) is 1. The van der Waals surface area contributed by atoms with Crippen LogP contribution in [0.1, 0.15) is 26.7 Å². The van der Waals surface area contributed by atoms with Crippen LogP contribution in [0.2, 0.25) is 0 Å². The van der Waals surface area contributed by atoms with Gasteiger partial charge in [-0.25, -0.2) is 4.98 Å². The van der Waals surface area contributed by atoms with Gasteiger partial charge in [-0.05, 0) is 37.8 Å². The number of pyridine rings is 2. The third-order valence-corrected chi connectivity index (χ3v) is 6.23. The molecule has 0 saturated carbocycles. The predicted molar refractivity (Wildman–Crippen MR) is 115 cm³/mol. The van der Waals surface area contributed by atoms with E-state index in [1.54, 1.807) is 6.20 Å². The largest absolute Gasteiger partial charge is 0.377 e. The van der Waals surface area contributed by atoms with Crippen LogP contribution in [0.15, 0.2) is 30.6 Å². The molecule has 0 aliphatic carbocycles. The SMILES string of the molecule is CC1CCN(c2cc(N3CCOCC3C)nc3c(-c4ccn[nH]4)nccc23)CC1. The monoisotopic (exact) mass is 392 g/mol. The summed E-state index contributed by atoms with van der Waals surface area (Å²) in [5, 5.41) is 8.33. The number of anilines is 2. The summed E-state index contributed by atoms with van der Waals surface area (Å²) in [7, 11) is 0. The molecule has 2 aliphatic rings. The highest BCUT2D eigenvalue weighted by atomic mass is 16.5. The number of ether oxygens (including phenoxy) is 1. The van der Waals surface area contributed by atoms with E-state index in [0.29, 0.717) is 6.04 Å². The Morgan fingerprint density at radius 2 is 1.97 bits per heavy atom. The van der Waals surface area contributed by atoms with Gasteiger partial charge in [0.2, 0.25) is 0 Å². The van der Waals surface area contributed by atoms with Gasteiger partial charge in [0, 0.05) is 49.2 Å². The van der Waals surface area contributed by atoms with Gasteiger partial charge < -0.3 is 14.5 Å². The highest BCUT2D eigenvalue weighted by Crippen LogP contribution is 2.36. The standard InChI is InChI=1S/C22H28N6O/c1-15-5-9-27(10-6-15)19-13-20(28-11-12-29-14-16(28)2)25-21-17(19)3-7-23-22(21)18-4-8-24-26-18/h3-4,7-8,13,15-16H,5-6,9-12,14H2,1-2H3,(H,24,26). The quantitative estimate of drug-likeness (QED) is 0.736. The lowest BCUT2D eigenvalue weighted by Crippen LogP contribution is -2.44. The van der Waals surface area contributed by atoms with Crippen LogP contribution in [0.5, 0.6) is 0 Å². The topological polar surface area (TPSA) is 70.2 Å². The predicted octanol–water partition coefficient (Wildman–Crippen LogP) is 3.48. The zero-order valence-electron chi connectivity index (χ0n) is 17.1. The van der Waals surface area contributed by atoms with E-state index in [1.807, 2.05) is 12.3 Å². The summed E-state index contributed by atoms with van der Waals surface area (Å²) in [5.41, 5.74) is 3.95. The van der Waals surface area contributed by atoms with E-state index in [2.05, 4.69) is 51.0 Å². The van der Waals surface area contributed by atoms with Crippen LogP contribution >= 0.6 is 0 Å². The highest BCUT2D eigenvalue weighted by Gasteiger charge is 2.25. The van der Waals surface area contributed by atoms with E-state index in [0.717, 1.165) is 66.9 Å². The van der Waals surface area contributed by atoms with Gasteiger partial charge in [0.25, 0.3) is 0 Å². The van der Waals surface area contributed by atoms with Gasteiger partial charge in [-0.2, -0.15) is 5.10 Å². The van der Waals surface area contributed by atoms with E-state index in [4.69, 9.17) is 9.72 Å². The van der Waals surface area contributed by atoms with E-state index in [9.17, 15) is 0 Å². The van der Waals surface area contributed by atoms with E-state index in [1.165, 1.54) is 18.5 Å². The number of aromatic nitrogens is 4. The minimum atomic E-state index is 0.301. The fraction of sp³-hybridized carbons (Fsp3) is 0.500. The molecule has 1 atom stereocenters. The molecule has 0 radical (unpaired) electrons. The molecule has 5 heterocycles. The Hall–Kier alpha value is -2.67. The molecule has 1 N–H and O–H groups in total. The van der Waals surface area contributed by atoms with Gasteiger partial charge in [-0.3, -0.25) is 10.1 Å². The van der Waals surface area contributed by atoms with Crippen LogP contribution in [-0.2, 0) is 4.74 Å². The van der Waals surface area contributed by atoms with Crippen LogP contribution in [0.3, 0.4) is 0 Å². The lowest BCUT2D eigenvalue weighted by atomic mass is 9.98. The van der Waals surface area contributed by atoms with Crippen molar-refractivity contribution in [3.63, 3.8) is 0 Å². The molecule has 29 heavy (non-hydrogen) atoms. The maximum Gasteiger partial charge on any atom is 0.131 e. The third-order valence-electron chi connectivity index (χ3n) is 6.23. The molecule has 5 rings (SSSR count). The second kappa shape index (κ2) is 7.63. The number of H-pyrrole nitrogens is 1. The maximum atomic E-state index is 5.66. The first-order valence-corrected chi connectivity index (χ1v) is 10.6. The number of morpholine rings is 1. The maximum absolute atomic E-state index is 5.66. The second-order valence-electron chi connectivity index (χ2n) is 8.31. The summed E-state index contributed by atoms with van der Waals surface area (Å²) >= 11 is 0. The summed E-state index contributed by atoms with van der Waals surface area (Å²) < 4.78 is 5.66. The fourth-order valence-electron chi connectivity index (χ4n) is 4.43. The van der Waals surface area contributed by atoms with Crippen LogP contribution in [0.25, 0.3) is 22.3 Å². The Balaban J connectivity index is 1.68. The minimum Gasteiger partial charge on any atom is -0.377 e. The van der Waals surface area contributed by atoms with Crippen LogP contribution < -0.4 is 9.80 Å². The first-order chi connectivity index (χ1) is 14.2. The Bertz CT molecular complexity index is 980. The molecule has 7 heteroatoms. The average Bonchev–Trinajstić information content (AvgIpc) is 3.28. The van der Waals surface area contributed by atoms with Gasteiger partial charge in [0.15, 0.2) is 0 Å². The van der Waals surface area contributed by atoms with Crippen molar-refractivity contribution in [2.75, 3.05) is 42.6 Å². The van der Waals surface area contributed by atoms with Crippen molar-refractivity contribution < 1.29 is 4.74 Å². The summed E-state index contributed by atoms with van der Waals surface area (Å²) in [6, 6.07) is 6.63. The minimum absolute atomic E-state index is 0.301. The van der Waals surface area contributed by atoms with Crippen molar-refractivity contribution in [2.24, 2.45) is 5.92 Å². The van der Waals surface area contributed by atoms with E-state index >= 15 is 0 Å². The molecule has 0 aromatic carbocycles.